The van der Waals surface area contributed by atoms with Crippen LogP contribution >= 0.6 is 0 Å². The number of likely N-dealkylation sites (tertiary alicyclic amines) is 1. The molecular weight excluding hydrogens is 198 g/mol. The van der Waals surface area contributed by atoms with E-state index >= 15 is 0 Å². The van der Waals surface area contributed by atoms with Crippen LogP contribution in [0.15, 0.2) is 42.5 Å². The fourth-order valence-electron chi connectivity index (χ4n) is 2.04. The predicted octanol–water partition coefficient (Wildman–Crippen LogP) is 2.41. The monoisotopic (exact) mass is 215 g/mol. The molecule has 1 fully saturated rings. The number of piperidine rings is 1. The van der Waals surface area contributed by atoms with E-state index in [-0.39, 0.29) is 5.91 Å². The standard InChI is InChI=1S/C14H17NO/c1-12-6-5-10-15(14(12)16)11-9-13-7-3-2-4-8-13/h2-4,7-8H,1,5-6,9-11H2. The Morgan fingerprint density at radius 1 is 1.25 bits per heavy atom. The summed E-state index contributed by atoms with van der Waals surface area (Å²) in [6.07, 6.45) is 2.85. The van der Waals surface area contributed by atoms with Gasteiger partial charge in [-0.1, -0.05) is 36.9 Å². The van der Waals surface area contributed by atoms with E-state index in [1.807, 2.05) is 23.1 Å². The van der Waals surface area contributed by atoms with Crippen molar-refractivity contribution in [3.05, 3.63) is 48.0 Å². The SMILES string of the molecule is C=C1CCCN(CCc2ccccc2)C1=O. The van der Waals surface area contributed by atoms with E-state index in [1.165, 1.54) is 5.56 Å². The van der Waals surface area contributed by atoms with Crippen LogP contribution in [0.5, 0.6) is 0 Å². The minimum Gasteiger partial charge on any atom is -0.339 e. The average Bonchev–Trinajstić information content (AvgIpc) is 2.32. The van der Waals surface area contributed by atoms with Crippen LogP contribution in [0.1, 0.15) is 18.4 Å². The van der Waals surface area contributed by atoms with Gasteiger partial charge in [-0.15, -0.1) is 0 Å². The molecule has 2 nitrogen and oxygen atoms in total. The molecule has 16 heavy (non-hydrogen) atoms. The highest BCUT2D eigenvalue weighted by atomic mass is 16.2. The van der Waals surface area contributed by atoms with Gasteiger partial charge < -0.3 is 4.90 Å². The van der Waals surface area contributed by atoms with Crippen molar-refractivity contribution in [2.75, 3.05) is 13.1 Å². The highest BCUT2D eigenvalue weighted by Crippen LogP contribution is 2.15. The summed E-state index contributed by atoms with van der Waals surface area (Å²) >= 11 is 0. The molecule has 2 heteroatoms. The highest BCUT2D eigenvalue weighted by molar-refractivity contribution is 5.93. The molecular formula is C14H17NO. The molecule has 0 unspecified atom stereocenters. The van der Waals surface area contributed by atoms with E-state index in [9.17, 15) is 4.79 Å². The third-order valence-corrected chi connectivity index (χ3v) is 3.01. The van der Waals surface area contributed by atoms with E-state index < -0.39 is 0 Å². The molecule has 0 spiro atoms. The Bertz CT molecular complexity index is 383. The van der Waals surface area contributed by atoms with Crippen LogP contribution in [-0.2, 0) is 11.2 Å². The van der Waals surface area contributed by atoms with Crippen molar-refractivity contribution in [3.63, 3.8) is 0 Å². The first-order valence-electron chi connectivity index (χ1n) is 5.78. The molecule has 2 rings (SSSR count). The lowest BCUT2D eigenvalue weighted by Gasteiger charge is -2.28. The summed E-state index contributed by atoms with van der Waals surface area (Å²) in [5.41, 5.74) is 2.05. The first kappa shape index (κ1) is 10.9. The summed E-state index contributed by atoms with van der Waals surface area (Å²) in [5.74, 6) is 0.141. The van der Waals surface area contributed by atoms with Gasteiger partial charge in [0.25, 0.3) is 0 Å². The van der Waals surface area contributed by atoms with Crippen LogP contribution in [0.3, 0.4) is 0 Å². The van der Waals surface area contributed by atoms with Crippen LogP contribution in [0.4, 0.5) is 0 Å². The Hall–Kier alpha value is -1.57. The summed E-state index contributed by atoms with van der Waals surface area (Å²) < 4.78 is 0. The van der Waals surface area contributed by atoms with Gasteiger partial charge >= 0.3 is 0 Å². The van der Waals surface area contributed by atoms with Gasteiger partial charge in [-0.05, 0) is 24.8 Å². The smallest absolute Gasteiger partial charge is 0.249 e. The Balaban J connectivity index is 1.90. The van der Waals surface area contributed by atoms with Crippen LogP contribution in [-0.4, -0.2) is 23.9 Å². The predicted molar refractivity (Wildman–Crippen MR) is 65.1 cm³/mol. The molecule has 0 aromatic heterocycles. The van der Waals surface area contributed by atoms with Gasteiger partial charge in [-0.25, -0.2) is 0 Å². The molecule has 0 atom stereocenters. The minimum absolute atomic E-state index is 0.141. The van der Waals surface area contributed by atoms with Gasteiger partial charge in [0.2, 0.25) is 5.91 Å². The second-order valence-electron chi connectivity index (χ2n) is 4.23. The Morgan fingerprint density at radius 2 is 2.00 bits per heavy atom. The van der Waals surface area contributed by atoms with Gasteiger partial charge in [-0.3, -0.25) is 4.79 Å². The van der Waals surface area contributed by atoms with E-state index in [1.54, 1.807) is 0 Å². The lowest BCUT2D eigenvalue weighted by atomic mass is 10.0. The third-order valence-electron chi connectivity index (χ3n) is 3.01. The van der Waals surface area contributed by atoms with Crippen molar-refractivity contribution in [1.82, 2.24) is 4.90 Å². The third kappa shape index (κ3) is 2.51. The van der Waals surface area contributed by atoms with Crippen molar-refractivity contribution in [2.24, 2.45) is 0 Å². The van der Waals surface area contributed by atoms with Gasteiger partial charge in [0.1, 0.15) is 0 Å². The molecule has 1 aromatic rings. The fourth-order valence-corrected chi connectivity index (χ4v) is 2.04. The Kier molecular flexibility index (Phi) is 3.40. The first-order chi connectivity index (χ1) is 7.77. The van der Waals surface area contributed by atoms with Crippen molar-refractivity contribution in [1.29, 1.82) is 0 Å². The molecule has 1 aliphatic rings. The van der Waals surface area contributed by atoms with Crippen LogP contribution in [0.2, 0.25) is 0 Å². The normalized spacial score (nSPS) is 16.6. The molecule has 1 saturated heterocycles. The molecule has 1 aliphatic heterocycles. The van der Waals surface area contributed by atoms with Gasteiger partial charge in [0.15, 0.2) is 0 Å². The molecule has 84 valence electrons. The van der Waals surface area contributed by atoms with Crippen LogP contribution in [0, 0.1) is 0 Å². The maximum absolute atomic E-state index is 11.8. The van der Waals surface area contributed by atoms with E-state index in [0.29, 0.717) is 0 Å². The number of rotatable bonds is 3. The Morgan fingerprint density at radius 3 is 2.75 bits per heavy atom. The maximum atomic E-state index is 11.8. The first-order valence-corrected chi connectivity index (χ1v) is 5.78. The lowest BCUT2D eigenvalue weighted by Crippen LogP contribution is -2.37. The summed E-state index contributed by atoms with van der Waals surface area (Å²) in [4.78, 5) is 13.7. The van der Waals surface area contributed by atoms with Gasteiger partial charge in [0.05, 0.1) is 0 Å². The quantitative estimate of drug-likeness (QED) is 0.709. The van der Waals surface area contributed by atoms with Crippen molar-refractivity contribution >= 4 is 5.91 Å². The summed E-state index contributed by atoms with van der Waals surface area (Å²) in [5, 5.41) is 0. The number of carbonyl (C=O) groups is 1. The fraction of sp³-hybridized carbons (Fsp3) is 0.357. The largest absolute Gasteiger partial charge is 0.339 e. The summed E-state index contributed by atoms with van der Waals surface area (Å²) in [7, 11) is 0. The molecule has 0 saturated carbocycles. The lowest BCUT2D eigenvalue weighted by molar-refractivity contribution is -0.128. The molecule has 0 N–H and O–H groups in total. The van der Waals surface area contributed by atoms with Crippen molar-refractivity contribution < 1.29 is 4.79 Å². The second kappa shape index (κ2) is 4.97. The zero-order valence-corrected chi connectivity index (χ0v) is 9.48. The molecule has 1 aromatic carbocycles. The van der Waals surface area contributed by atoms with Gasteiger partial charge in [0, 0.05) is 18.7 Å². The Labute approximate surface area is 96.6 Å². The number of amides is 1. The van der Waals surface area contributed by atoms with E-state index in [2.05, 4.69) is 18.7 Å². The molecule has 1 heterocycles. The summed E-state index contributed by atoms with van der Waals surface area (Å²) in [6, 6.07) is 10.3. The number of hydrogen-bond acceptors (Lipinski definition) is 1. The number of carbonyl (C=O) groups excluding carboxylic acids is 1. The minimum atomic E-state index is 0.141. The highest BCUT2D eigenvalue weighted by Gasteiger charge is 2.20. The topological polar surface area (TPSA) is 20.3 Å². The van der Waals surface area contributed by atoms with E-state index in [0.717, 1.165) is 37.9 Å². The number of nitrogens with zero attached hydrogens (tertiary/aromatic N) is 1. The average molecular weight is 215 g/mol. The maximum Gasteiger partial charge on any atom is 0.249 e. The van der Waals surface area contributed by atoms with E-state index in [4.69, 9.17) is 0 Å². The second-order valence-corrected chi connectivity index (χ2v) is 4.23. The molecule has 0 bridgehead atoms. The number of hydrogen-bond donors (Lipinski definition) is 0. The zero-order valence-electron chi connectivity index (χ0n) is 9.48. The zero-order chi connectivity index (χ0) is 11.4. The van der Waals surface area contributed by atoms with Gasteiger partial charge in [-0.2, -0.15) is 0 Å². The molecule has 0 radical (unpaired) electrons. The summed E-state index contributed by atoms with van der Waals surface area (Å²) in [6.45, 7) is 5.50. The van der Waals surface area contributed by atoms with Crippen LogP contribution < -0.4 is 0 Å². The molecule has 0 aliphatic carbocycles. The number of benzene rings is 1. The van der Waals surface area contributed by atoms with Crippen LogP contribution in [0.25, 0.3) is 0 Å². The van der Waals surface area contributed by atoms with Crippen molar-refractivity contribution in [2.45, 2.75) is 19.3 Å². The van der Waals surface area contributed by atoms with Crippen molar-refractivity contribution in [3.8, 4) is 0 Å². The molecule has 1 amide bonds.